The second-order valence-corrected chi connectivity index (χ2v) is 4.96. The molecule has 0 bridgehead atoms. The van der Waals surface area contributed by atoms with E-state index in [9.17, 15) is 8.42 Å². The quantitative estimate of drug-likeness (QED) is 0.736. The Morgan fingerprint density at radius 1 is 1.58 bits per heavy atom. The van der Waals surface area contributed by atoms with E-state index >= 15 is 0 Å². The lowest BCUT2D eigenvalue weighted by molar-refractivity contribution is 0.597. The molecule has 1 aromatic carbocycles. The highest BCUT2D eigenvalue weighted by molar-refractivity contribution is 7.91. The highest BCUT2D eigenvalue weighted by Gasteiger charge is 2.10. The maximum Gasteiger partial charge on any atom is 0.178 e. The molecule has 0 aliphatic carbocycles. The van der Waals surface area contributed by atoms with Crippen LogP contribution in [0.2, 0.25) is 5.02 Å². The average Bonchev–Trinajstić information content (AvgIpc) is 2.05. The molecule has 0 amide bonds. The van der Waals surface area contributed by atoms with E-state index in [0.29, 0.717) is 5.02 Å². The Bertz CT molecular complexity index is 370. The van der Waals surface area contributed by atoms with Crippen LogP contribution in [0.5, 0.6) is 0 Å². The van der Waals surface area contributed by atoms with Gasteiger partial charge in [0.15, 0.2) is 9.84 Å². The monoisotopic (exact) mass is 203 g/mol. The van der Waals surface area contributed by atoms with Gasteiger partial charge in [-0.25, -0.2) is 8.42 Å². The van der Waals surface area contributed by atoms with Gasteiger partial charge < -0.3 is 0 Å². The number of halogens is 1. The number of hydrogen-bond donors (Lipinski definition) is 0. The molecule has 0 heterocycles. The Labute approximate surface area is 77.1 Å². The van der Waals surface area contributed by atoms with Gasteiger partial charge in [0.25, 0.3) is 0 Å². The van der Waals surface area contributed by atoms with Crippen LogP contribution in [0.3, 0.4) is 0 Å². The van der Waals surface area contributed by atoms with Crippen molar-refractivity contribution >= 4 is 21.4 Å². The van der Waals surface area contributed by atoms with Gasteiger partial charge in [-0.05, 0) is 12.1 Å². The Morgan fingerprint density at radius 3 is 2.75 bits per heavy atom. The minimum atomic E-state index is -3.16. The molecular formula is C8H8ClO2S. The van der Waals surface area contributed by atoms with E-state index in [2.05, 4.69) is 6.07 Å². The molecule has 0 saturated heterocycles. The number of rotatable bonds is 2. The van der Waals surface area contributed by atoms with E-state index in [1.165, 1.54) is 12.1 Å². The highest BCUT2D eigenvalue weighted by Crippen LogP contribution is 2.15. The summed E-state index contributed by atoms with van der Waals surface area (Å²) < 4.78 is 22.5. The van der Waals surface area contributed by atoms with Gasteiger partial charge in [0, 0.05) is 11.1 Å². The van der Waals surface area contributed by atoms with Crippen molar-refractivity contribution in [3.8, 4) is 0 Å². The molecular weight excluding hydrogens is 196 g/mol. The molecule has 65 valence electrons. The lowest BCUT2D eigenvalue weighted by Crippen LogP contribution is -2.03. The summed E-state index contributed by atoms with van der Waals surface area (Å²) in [7, 11) is -3.16. The third kappa shape index (κ3) is 1.99. The standard InChI is InChI=1S/C8H8ClO2S/c1-2-12(10,11)8-5-3-4-7(9)6-8/h3-4,6H,2H2,1H3. The number of benzene rings is 1. The van der Waals surface area contributed by atoms with Crippen LogP contribution in [-0.4, -0.2) is 14.2 Å². The van der Waals surface area contributed by atoms with Crippen LogP contribution >= 0.6 is 11.6 Å². The molecule has 0 aliphatic rings. The molecule has 0 atom stereocenters. The first-order chi connectivity index (χ1) is 5.56. The maximum absolute atomic E-state index is 11.3. The predicted molar refractivity (Wildman–Crippen MR) is 48.0 cm³/mol. The van der Waals surface area contributed by atoms with Crippen molar-refractivity contribution in [1.82, 2.24) is 0 Å². The van der Waals surface area contributed by atoms with Gasteiger partial charge in [-0.1, -0.05) is 24.6 Å². The minimum absolute atomic E-state index is 0.0733. The topological polar surface area (TPSA) is 34.1 Å². The van der Waals surface area contributed by atoms with Crippen LogP contribution < -0.4 is 0 Å². The summed E-state index contributed by atoms with van der Waals surface area (Å²) in [4.78, 5) is 0.164. The zero-order chi connectivity index (χ0) is 9.19. The van der Waals surface area contributed by atoms with Gasteiger partial charge in [0.2, 0.25) is 0 Å². The van der Waals surface area contributed by atoms with Crippen molar-refractivity contribution in [3.05, 3.63) is 29.3 Å². The SMILES string of the molecule is CCS(=O)(=O)c1[c]ccc(Cl)c1. The van der Waals surface area contributed by atoms with Crippen LogP contribution in [-0.2, 0) is 9.84 Å². The Balaban J connectivity index is 3.21. The zero-order valence-electron chi connectivity index (χ0n) is 6.54. The first kappa shape index (κ1) is 9.55. The summed E-state index contributed by atoms with van der Waals surface area (Å²) in [6.45, 7) is 1.59. The summed E-state index contributed by atoms with van der Waals surface area (Å²) in [6, 6.07) is 7.13. The Hall–Kier alpha value is -0.540. The molecule has 1 rings (SSSR count). The molecule has 0 spiro atoms. The fraction of sp³-hybridized carbons (Fsp3) is 0.250. The molecule has 12 heavy (non-hydrogen) atoms. The Kier molecular flexibility index (Phi) is 2.75. The smallest absolute Gasteiger partial charge is 0.178 e. The summed E-state index contributed by atoms with van der Waals surface area (Å²) in [5, 5.41) is 0.417. The van der Waals surface area contributed by atoms with E-state index in [4.69, 9.17) is 11.6 Å². The molecule has 2 nitrogen and oxygen atoms in total. The van der Waals surface area contributed by atoms with Gasteiger partial charge in [0.1, 0.15) is 0 Å². The van der Waals surface area contributed by atoms with E-state index in [0.717, 1.165) is 0 Å². The van der Waals surface area contributed by atoms with Crippen LogP contribution in [0.1, 0.15) is 6.92 Å². The third-order valence-electron chi connectivity index (χ3n) is 1.45. The largest absolute Gasteiger partial charge is 0.224 e. The van der Waals surface area contributed by atoms with Gasteiger partial charge in [0.05, 0.1) is 10.6 Å². The lowest BCUT2D eigenvalue weighted by Gasteiger charge is -1.99. The van der Waals surface area contributed by atoms with E-state index in [1.54, 1.807) is 13.0 Å². The second-order valence-electron chi connectivity index (χ2n) is 2.27. The molecule has 4 heteroatoms. The van der Waals surface area contributed by atoms with Crippen molar-refractivity contribution in [1.29, 1.82) is 0 Å². The van der Waals surface area contributed by atoms with Crippen LogP contribution in [0.25, 0.3) is 0 Å². The first-order valence-electron chi connectivity index (χ1n) is 3.46. The minimum Gasteiger partial charge on any atom is -0.224 e. The first-order valence-corrected chi connectivity index (χ1v) is 5.49. The van der Waals surface area contributed by atoms with Crippen LogP contribution in [0, 0.1) is 6.07 Å². The summed E-state index contributed by atoms with van der Waals surface area (Å²) in [5.74, 6) is 0.0733. The highest BCUT2D eigenvalue weighted by atomic mass is 35.5. The zero-order valence-corrected chi connectivity index (χ0v) is 8.11. The summed E-state index contributed by atoms with van der Waals surface area (Å²) in [5.41, 5.74) is 0. The van der Waals surface area contributed by atoms with Gasteiger partial charge in [-0.15, -0.1) is 0 Å². The Morgan fingerprint density at radius 2 is 2.25 bits per heavy atom. The van der Waals surface area contributed by atoms with Gasteiger partial charge in [-0.2, -0.15) is 0 Å². The third-order valence-corrected chi connectivity index (χ3v) is 3.35. The van der Waals surface area contributed by atoms with E-state index < -0.39 is 9.84 Å². The molecule has 1 radical (unpaired) electrons. The molecule has 0 aliphatic heterocycles. The molecule has 0 fully saturated rings. The van der Waals surface area contributed by atoms with Crippen molar-refractivity contribution in [2.24, 2.45) is 0 Å². The fourth-order valence-electron chi connectivity index (χ4n) is 0.753. The predicted octanol–water partition coefficient (Wildman–Crippen LogP) is 1.93. The van der Waals surface area contributed by atoms with Crippen LogP contribution in [0.4, 0.5) is 0 Å². The van der Waals surface area contributed by atoms with Gasteiger partial charge >= 0.3 is 0 Å². The van der Waals surface area contributed by atoms with E-state index in [-0.39, 0.29) is 10.6 Å². The molecule has 1 aromatic rings. The normalized spacial score (nSPS) is 11.5. The molecule has 0 N–H and O–H groups in total. The fourth-order valence-corrected chi connectivity index (χ4v) is 1.86. The number of sulfone groups is 1. The maximum atomic E-state index is 11.3. The molecule has 0 unspecified atom stereocenters. The number of hydrogen-bond acceptors (Lipinski definition) is 2. The average molecular weight is 204 g/mol. The van der Waals surface area contributed by atoms with Crippen molar-refractivity contribution in [2.45, 2.75) is 11.8 Å². The van der Waals surface area contributed by atoms with Crippen LogP contribution in [0.15, 0.2) is 23.1 Å². The van der Waals surface area contributed by atoms with Gasteiger partial charge in [-0.3, -0.25) is 0 Å². The second kappa shape index (κ2) is 3.46. The van der Waals surface area contributed by atoms with Crippen molar-refractivity contribution in [2.75, 3.05) is 5.75 Å². The lowest BCUT2D eigenvalue weighted by atomic mass is 10.4. The molecule has 0 saturated carbocycles. The van der Waals surface area contributed by atoms with Crippen molar-refractivity contribution in [3.63, 3.8) is 0 Å². The summed E-state index contributed by atoms with van der Waals surface area (Å²) >= 11 is 5.62. The molecule has 0 aromatic heterocycles. The van der Waals surface area contributed by atoms with Crippen molar-refractivity contribution < 1.29 is 8.42 Å². The summed E-state index contributed by atoms with van der Waals surface area (Å²) in [6.07, 6.45) is 0. The van der Waals surface area contributed by atoms with E-state index in [1.807, 2.05) is 0 Å².